The first kappa shape index (κ1) is 10.4. The van der Waals surface area contributed by atoms with Gasteiger partial charge < -0.3 is 10.6 Å². The van der Waals surface area contributed by atoms with Gasteiger partial charge >= 0.3 is 0 Å². The molecule has 0 spiro atoms. The fourth-order valence-corrected chi connectivity index (χ4v) is 0.992. The number of nitriles is 1. The van der Waals surface area contributed by atoms with Crippen LogP contribution in [0.1, 0.15) is 11.4 Å². The van der Waals surface area contributed by atoms with Gasteiger partial charge in [-0.2, -0.15) is 5.26 Å². The van der Waals surface area contributed by atoms with Gasteiger partial charge in [0.2, 0.25) is 0 Å². The zero-order valence-corrected chi connectivity index (χ0v) is 8.33. The normalized spacial score (nSPS) is 9.50. The van der Waals surface area contributed by atoms with E-state index < -0.39 is 0 Å². The molecular weight excluding hydrogens is 178 g/mol. The fourth-order valence-electron chi connectivity index (χ4n) is 0.992. The molecule has 0 saturated heterocycles. The van der Waals surface area contributed by atoms with E-state index >= 15 is 0 Å². The van der Waals surface area contributed by atoms with Gasteiger partial charge in [0, 0.05) is 13.1 Å². The molecule has 0 unspecified atom stereocenters. The Labute approximate surface area is 83.2 Å². The monoisotopic (exact) mass is 191 g/mol. The minimum Gasteiger partial charge on any atom is -0.368 e. The van der Waals surface area contributed by atoms with E-state index in [1.807, 2.05) is 13.1 Å². The van der Waals surface area contributed by atoms with Crippen LogP contribution in [0, 0.1) is 18.3 Å². The average Bonchev–Trinajstić information content (AvgIpc) is 2.19. The molecule has 74 valence electrons. The van der Waals surface area contributed by atoms with Gasteiger partial charge in [0.1, 0.15) is 23.3 Å². The summed E-state index contributed by atoms with van der Waals surface area (Å²) in [4.78, 5) is 8.09. The molecule has 0 saturated carbocycles. The molecule has 1 rings (SSSR count). The van der Waals surface area contributed by atoms with Gasteiger partial charge in [-0.3, -0.25) is 0 Å². The van der Waals surface area contributed by atoms with Crippen molar-refractivity contribution >= 4 is 5.82 Å². The van der Waals surface area contributed by atoms with Crippen molar-refractivity contribution in [3.8, 4) is 6.07 Å². The van der Waals surface area contributed by atoms with Crippen molar-refractivity contribution in [1.82, 2.24) is 15.3 Å². The van der Waals surface area contributed by atoms with E-state index in [0.717, 1.165) is 13.1 Å². The maximum Gasteiger partial charge on any atom is 0.147 e. The second-order valence-corrected chi connectivity index (χ2v) is 2.82. The molecule has 2 N–H and O–H groups in total. The van der Waals surface area contributed by atoms with Crippen LogP contribution in [0.25, 0.3) is 0 Å². The molecule has 0 aliphatic carbocycles. The largest absolute Gasteiger partial charge is 0.368 e. The molecular formula is C9H13N5. The summed E-state index contributed by atoms with van der Waals surface area (Å²) in [5, 5.41) is 14.9. The van der Waals surface area contributed by atoms with Crippen LogP contribution in [0.5, 0.6) is 0 Å². The number of aryl methyl sites for hydroxylation is 1. The van der Waals surface area contributed by atoms with Gasteiger partial charge in [-0.05, 0) is 14.0 Å². The predicted molar refractivity (Wildman–Crippen MR) is 53.9 cm³/mol. The highest BCUT2D eigenvalue weighted by Gasteiger charge is 2.03. The highest BCUT2D eigenvalue weighted by atomic mass is 15.0. The molecule has 0 aromatic carbocycles. The molecule has 0 atom stereocenters. The SMILES string of the molecule is CNCCNc1nc(C)ncc1C#N. The van der Waals surface area contributed by atoms with Gasteiger partial charge in [0.25, 0.3) is 0 Å². The first-order valence-corrected chi connectivity index (χ1v) is 4.40. The van der Waals surface area contributed by atoms with Crippen LogP contribution in [0.15, 0.2) is 6.20 Å². The Hall–Kier alpha value is -1.67. The second kappa shape index (κ2) is 5.14. The maximum atomic E-state index is 8.78. The summed E-state index contributed by atoms with van der Waals surface area (Å²) in [7, 11) is 1.87. The number of nitrogens with one attached hydrogen (secondary N) is 2. The molecule has 5 nitrogen and oxygen atoms in total. The van der Waals surface area contributed by atoms with Crippen molar-refractivity contribution in [2.45, 2.75) is 6.92 Å². The average molecular weight is 191 g/mol. The molecule has 1 heterocycles. The first-order valence-electron chi connectivity index (χ1n) is 4.40. The van der Waals surface area contributed by atoms with Gasteiger partial charge in [-0.25, -0.2) is 9.97 Å². The molecule has 1 aromatic heterocycles. The first-order chi connectivity index (χ1) is 6.77. The van der Waals surface area contributed by atoms with Crippen LogP contribution in [0.2, 0.25) is 0 Å². The van der Waals surface area contributed by atoms with Crippen LogP contribution in [-0.4, -0.2) is 30.1 Å². The zero-order valence-electron chi connectivity index (χ0n) is 8.33. The molecule has 0 aliphatic rings. The lowest BCUT2D eigenvalue weighted by atomic mass is 10.3. The molecule has 0 fully saturated rings. The summed E-state index contributed by atoms with van der Waals surface area (Å²) < 4.78 is 0. The Kier molecular flexibility index (Phi) is 3.83. The van der Waals surface area contributed by atoms with Crippen molar-refractivity contribution in [1.29, 1.82) is 5.26 Å². The third-order valence-electron chi connectivity index (χ3n) is 1.70. The lowest BCUT2D eigenvalue weighted by molar-refractivity contribution is 0.819. The summed E-state index contributed by atoms with van der Waals surface area (Å²) in [6.07, 6.45) is 1.53. The molecule has 0 amide bonds. The van der Waals surface area contributed by atoms with Gasteiger partial charge in [-0.15, -0.1) is 0 Å². The van der Waals surface area contributed by atoms with E-state index in [-0.39, 0.29) is 0 Å². The Morgan fingerprint density at radius 2 is 2.29 bits per heavy atom. The van der Waals surface area contributed by atoms with Crippen LogP contribution in [0.4, 0.5) is 5.82 Å². The van der Waals surface area contributed by atoms with E-state index in [1.54, 1.807) is 6.92 Å². The lowest BCUT2D eigenvalue weighted by Crippen LogP contribution is -2.19. The van der Waals surface area contributed by atoms with Crippen LogP contribution >= 0.6 is 0 Å². The summed E-state index contributed by atoms with van der Waals surface area (Å²) in [5.74, 6) is 1.27. The molecule has 0 bridgehead atoms. The number of hydrogen-bond donors (Lipinski definition) is 2. The third kappa shape index (κ3) is 2.68. The van der Waals surface area contributed by atoms with E-state index in [9.17, 15) is 0 Å². The number of likely N-dealkylation sites (N-methyl/N-ethyl adjacent to an activating group) is 1. The highest BCUT2D eigenvalue weighted by molar-refractivity contribution is 5.50. The zero-order chi connectivity index (χ0) is 10.4. The topological polar surface area (TPSA) is 73.6 Å². The Morgan fingerprint density at radius 3 is 2.93 bits per heavy atom. The summed E-state index contributed by atoms with van der Waals surface area (Å²) in [6, 6.07) is 2.04. The number of nitrogens with zero attached hydrogens (tertiary/aromatic N) is 3. The fraction of sp³-hybridized carbons (Fsp3) is 0.444. The van der Waals surface area contributed by atoms with E-state index in [2.05, 4.69) is 20.6 Å². The summed E-state index contributed by atoms with van der Waals surface area (Å²) >= 11 is 0. The quantitative estimate of drug-likeness (QED) is 0.669. The van der Waals surface area contributed by atoms with Gasteiger partial charge in [0.15, 0.2) is 0 Å². The third-order valence-corrected chi connectivity index (χ3v) is 1.70. The summed E-state index contributed by atoms with van der Waals surface area (Å²) in [5.41, 5.74) is 0.478. The van der Waals surface area contributed by atoms with Crippen LogP contribution in [0.3, 0.4) is 0 Å². The van der Waals surface area contributed by atoms with Crippen molar-refractivity contribution in [2.75, 3.05) is 25.5 Å². The molecule has 14 heavy (non-hydrogen) atoms. The van der Waals surface area contributed by atoms with Crippen LogP contribution in [-0.2, 0) is 0 Å². The number of aromatic nitrogens is 2. The van der Waals surface area contributed by atoms with Crippen LogP contribution < -0.4 is 10.6 Å². The predicted octanol–water partition coefficient (Wildman–Crippen LogP) is 0.288. The highest BCUT2D eigenvalue weighted by Crippen LogP contribution is 2.08. The second-order valence-electron chi connectivity index (χ2n) is 2.82. The minimum atomic E-state index is 0.478. The van der Waals surface area contributed by atoms with Gasteiger partial charge in [0.05, 0.1) is 6.20 Å². The number of rotatable bonds is 4. The molecule has 0 aliphatic heterocycles. The smallest absolute Gasteiger partial charge is 0.147 e. The minimum absolute atomic E-state index is 0.478. The Balaban J connectivity index is 2.73. The maximum absolute atomic E-state index is 8.78. The standard InChI is InChI=1S/C9H13N5/c1-7-13-6-8(5-10)9(14-7)12-4-3-11-2/h6,11H,3-4H2,1-2H3,(H,12,13,14). The molecule has 1 aromatic rings. The Morgan fingerprint density at radius 1 is 1.50 bits per heavy atom. The molecule has 5 heteroatoms. The lowest BCUT2D eigenvalue weighted by Gasteiger charge is -2.06. The molecule has 0 radical (unpaired) electrons. The van der Waals surface area contributed by atoms with E-state index in [4.69, 9.17) is 5.26 Å². The van der Waals surface area contributed by atoms with Crippen molar-refractivity contribution in [3.05, 3.63) is 17.6 Å². The van der Waals surface area contributed by atoms with E-state index in [1.165, 1.54) is 6.20 Å². The number of anilines is 1. The summed E-state index contributed by atoms with van der Waals surface area (Å²) in [6.45, 7) is 3.36. The van der Waals surface area contributed by atoms with Crippen molar-refractivity contribution in [3.63, 3.8) is 0 Å². The number of hydrogen-bond acceptors (Lipinski definition) is 5. The Bertz CT molecular complexity index is 342. The van der Waals surface area contributed by atoms with Crippen molar-refractivity contribution < 1.29 is 0 Å². The van der Waals surface area contributed by atoms with E-state index in [0.29, 0.717) is 17.2 Å². The van der Waals surface area contributed by atoms with Gasteiger partial charge in [-0.1, -0.05) is 0 Å². The van der Waals surface area contributed by atoms with Crippen molar-refractivity contribution in [2.24, 2.45) is 0 Å².